The number of nitriles is 2. The Kier molecular flexibility index (Phi) is 5.02. The van der Waals surface area contributed by atoms with Gasteiger partial charge >= 0.3 is 0 Å². The van der Waals surface area contributed by atoms with Crippen molar-refractivity contribution in [2.45, 2.75) is 32.7 Å². The van der Waals surface area contributed by atoms with Crippen molar-refractivity contribution < 1.29 is 0 Å². The Morgan fingerprint density at radius 1 is 1.28 bits per heavy atom. The summed E-state index contributed by atoms with van der Waals surface area (Å²) in [6.45, 7) is 4.85. The third-order valence-corrected chi connectivity index (χ3v) is 2.82. The molecule has 0 aliphatic heterocycles. The molecule has 0 aromatic heterocycles. The van der Waals surface area contributed by atoms with Crippen LogP contribution in [0.15, 0.2) is 18.2 Å². The van der Waals surface area contributed by atoms with Crippen LogP contribution in [0.4, 0.5) is 11.4 Å². The summed E-state index contributed by atoms with van der Waals surface area (Å²) in [5, 5.41) is 17.4. The van der Waals surface area contributed by atoms with Crippen molar-refractivity contribution in [2.24, 2.45) is 0 Å². The fraction of sp³-hybridized carbons (Fsp3) is 0.429. The highest BCUT2D eigenvalue weighted by atomic mass is 15.1. The highest BCUT2D eigenvalue weighted by molar-refractivity contribution is 5.59. The van der Waals surface area contributed by atoms with Crippen LogP contribution >= 0.6 is 0 Å². The molecule has 2 N–H and O–H groups in total. The predicted molar refractivity (Wildman–Crippen MR) is 72.9 cm³/mol. The van der Waals surface area contributed by atoms with Gasteiger partial charge in [-0.25, -0.2) is 0 Å². The Bertz CT molecular complexity index is 480. The number of nitrogens with zero attached hydrogens (tertiary/aromatic N) is 3. The standard InChI is InChI=1S/C14H18N4/c1-11(2)18(9-3-7-15)13-4-5-14(17)12(10-13)6-8-16/h4-5,10-11H,3,6,9,17H2,1-2H3. The molecule has 0 bridgehead atoms. The van der Waals surface area contributed by atoms with Gasteiger partial charge in [-0.15, -0.1) is 0 Å². The van der Waals surface area contributed by atoms with E-state index in [9.17, 15) is 0 Å². The van der Waals surface area contributed by atoms with Crippen LogP contribution in [0, 0.1) is 22.7 Å². The van der Waals surface area contributed by atoms with Gasteiger partial charge in [0.1, 0.15) is 0 Å². The van der Waals surface area contributed by atoms with E-state index in [-0.39, 0.29) is 0 Å². The van der Waals surface area contributed by atoms with Crippen LogP contribution in [-0.2, 0) is 6.42 Å². The van der Waals surface area contributed by atoms with Gasteiger partial charge < -0.3 is 10.6 Å². The molecule has 0 saturated heterocycles. The molecule has 0 heterocycles. The van der Waals surface area contributed by atoms with Crippen molar-refractivity contribution in [3.8, 4) is 12.1 Å². The topological polar surface area (TPSA) is 76.8 Å². The molecule has 0 radical (unpaired) electrons. The van der Waals surface area contributed by atoms with Gasteiger partial charge in [-0.05, 0) is 37.6 Å². The van der Waals surface area contributed by atoms with Gasteiger partial charge in [-0.3, -0.25) is 0 Å². The van der Waals surface area contributed by atoms with Crippen LogP contribution in [0.2, 0.25) is 0 Å². The van der Waals surface area contributed by atoms with Gasteiger partial charge in [0, 0.05) is 24.0 Å². The molecule has 0 spiro atoms. The Hall–Kier alpha value is -2.20. The molecule has 4 heteroatoms. The first kappa shape index (κ1) is 13.9. The number of hydrogen-bond acceptors (Lipinski definition) is 4. The van der Waals surface area contributed by atoms with E-state index in [4.69, 9.17) is 16.3 Å². The lowest BCUT2D eigenvalue weighted by Crippen LogP contribution is -2.31. The van der Waals surface area contributed by atoms with E-state index >= 15 is 0 Å². The summed E-state index contributed by atoms with van der Waals surface area (Å²) >= 11 is 0. The summed E-state index contributed by atoms with van der Waals surface area (Å²) in [5.41, 5.74) is 8.33. The van der Waals surface area contributed by atoms with E-state index in [0.29, 0.717) is 31.1 Å². The van der Waals surface area contributed by atoms with Crippen LogP contribution in [0.3, 0.4) is 0 Å². The third kappa shape index (κ3) is 3.40. The van der Waals surface area contributed by atoms with Gasteiger partial charge in [0.05, 0.1) is 25.0 Å². The van der Waals surface area contributed by atoms with Crippen LogP contribution in [0.5, 0.6) is 0 Å². The lowest BCUT2D eigenvalue weighted by atomic mass is 10.1. The molecular weight excluding hydrogens is 224 g/mol. The Balaban J connectivity index is 3.02. The monoisotopic (exact) mass is 242 g/mol. The molecule has 0 fully saturated rings. The molecule has 0 aliphatic rings. The average molecular weight is 242 g/mol. The Morgan fingerprint density at radius 3 is 2.56 bits per heavy atom. The van der Waals surface area contributed by atoms with Crippen LogP contribution < -0.4 is 10.6 Å². The number of hydrogen-bond donors (Lipinski definition) is 1. The summed E-state index contributed by atoms with van der Waals surface area (Å²) in [7, 11) is 0. The highest BCUT2D eigenvalue weighted by Crippen LogP contribution is 2.23. The third-order valence-electron chi connectivity index (χ3n) is 2.82. The minimum atomic E-state index is 0.303. The summed E-state index contributed by atoms with van der Waals surface area (Å²) in [5.74, 6) is 0. The Morgan fingerprint density at radius 2 is 2.00 bits per heavy atom. The van der Waals surface area contributed by atoms with Crippen molar-refractivity contribution >= 4 is 11.4 Å². The van der Waals surface area contributed by atoms with E-state index in [1.54, 1.807) is 0 Å². The van der Waals surface area contributed by atoms with Crippen molar-refractivity contribution in [2.75, 3.05) is 17.2 Å². The number of anilines is 2. The normalized spacial score (nSPS) is 9.83. The van der Waals surface area contributed by atoms with Gasteiger partial charge in [0.15, 0.2) is 0 Å². The van der Waals surface area contributed by atoms with Crippen LogP contribution in [0.1, 0.15) is 25.8 Å². The zero-order valence-electron chi connectivity index (χ0n) is 10.8. The highest BCUT2D eigenvalue weighted by Gasteiger charge is 2.11. The molecule has 0 saturated carbocycles. The van der Waals surface area contributed by atoms with Crippen molar-refractivity contribution in [1.29, 1.82) is 10.5 Å². The largest absolute Gasteiger partial charge is 0.398 e. The molecule has 1 aromatic rings. The number of nitrogens with two attached hydrogens (primary N) is 1. The van der Waals surface area contributed by atoms with E-state index in [1.165, 1.54) is 0 Å². The van der Waals surface area contributed by atoms with Crippen LogP contribution in [-0.4, -0.2) is 12.6 Å². The minimum absolute atomic E-state index is 0.303. The molecule has 1 aromatic carbocycles. The molecule has 0 atom stereocenters. The average Bonchev–Trinajstić information content (AvgIpc) is 2.33. The first-order valence-corrected chi connectivity index (χ1v) is 5.99. The SMILES string of the molecule is CC(C)N(CCC#N)c1ccc(N)c(CC#N)c1. The Labute approximate surface area is 108 Å². The first-order chi connectivity index (χ1) is 8.60. The van der Waals surface area contributed by atoms with E-state index in [1.807, 2.05) is 18.2 Å². The molecule has 0 aliphatic carbocycles. The molecular formula is C14H18N4. The summed E-state index contributed by atoms with van der Waals surface area (Å²) in [6, 6.07) is 10.3. The summed E-state index contributed by atoms with van der Waals surface area (Å²) < 4.78 is 0. The molecule has 4 nitrogen and oxygen atoms in total. The second-order valence-electron chi connectivity index (χ2n) is 4.41. The zero-order valence-corrected chi connectivity index (χ0v) is 10.8. The molecule has 0 unspecified atom stereocenters. The number of nitrogen functional groups attached to an aromatic ring is 1. The number of benzene rings is 1. The van der Waals surface area contributed by atoms with Crippen molar-refractivity contribution in [3.05, 3.63) is 23.8 Å². The number of rotatable bonds is 5. The zero-order chi connectivity index (χ0) is 13.5. The maximum atomic E-state index is 8.76. The molecule has 0 amide bonds. The lowest BCUT2D eigenvalue weighted by Gasteiger charge is -2.28. The summed E-state index contributed by atoms with van der Waals surface area (Å²) in [4.78, 5) is 2.14. The van der Waals surface area contributed by atoms with Gasteiger partial charge in [-0.2, -0.15) is 10.5 Å². The fourth-order valence-corrected chi connectivity index (χ4v) is 1.86. The maximum absolute atomic E-state index is 8.76. The second-order valence-corrected chi connectivity index (χ2v) is 4.41. The predicted octanol–water partition coefficient (Wildman–Crippen LogP) is 2.46. The first-order valence-electron chi connectivity index (χ1n) is 5.99. The maximum Gasteiger partial charge on any atom is 0.0670 e. The molecule has 1 rings (SSSR count). The smallest absolute Gasteiger partial charge is 0.0670 e. The molecule has 18 heavy (non-hydrogen) atoms. The van der Waals surface area contributed by atoms with Gasteiger partial charge in [0.2, 0.25) is 0 Å². The van der Waals surface area contributed by atoms with Crippen LogP contribution in [0.25, 0.3) is 0 Å². The van der Waals surface area contributed by atoms with Crippen molar-refractivity contribution in [1.82, 2.24) is 0 Å². The van der Waals surface area contributed by atoms with E-state index < -0.39 is 0 Å². The fourth-order valence-electron chi connectivity index (χ4n) is 1.86. The van der Waals surface area contributed by atoms with Crippen molar-refractivity contribution in [3.63, 3.8) is 0 Å². The second kappa shape index (κ2) is 6.51. The van der Waals surface area contributed by atoms with E-state index in [2.05, 4.69) is 30.9 Å². The summed E-state index contributed by atoms with van der Waals surface area (Å²) in [6.07, 6.45) is 0.792. The van der Waals surface area contributed by atoms with Gasteiger partial charge in [-0.1, -0.05) is 0 Å². The quantitative estimate of drug-likeness (QED) is 0.804. The van der Waals surface area contributed by atoms with E-state index in [0.717, 1.165) is 11.3 Å². The lowest BCUT2D eigenvalue weighted by molar-refractivity contribution is 0.686. The van der Waals surface area contributed by atoms with Gasteiger partial charge in [0.25, 0.3) is 0 Å². The minimum Gasteiger partial charge on any atom is -0.398 e. The molecule has 94 valence electrons.